The molecule has 0 heterocycles. The average molecular weight is 328 g/mol. The number of aliphatic hydroxyl groups excluding tert-OH is 1. The van der Waals surface area contributed by atoms with Crippen LogP contribution in [0.15, 0.2) is 46.8 Å². The molecule has 8 nitrogen and oxygen atoms in total. The van der Waals surface area contributed by atoms with E-state index in [2.05, 4.69) is 15.7 Å². The lowest BCUT2D eigenvalue weighted by atomic mass is 9.99. The molecule has 0 unspecified atom stereocenters. The Morgan fingerprint density at radius 1 is 1.12 bits per heavy atom. The Balaban J connectivity index is 2.42. The zero-order valence-electron chi connectivity index (χ0n) is 12.9. The lowest BCUT2D eigenvalue weighted by molar-refractivity contribution is 0.0924. The summed E-state index contributed by atoms with van der Waals surface area (Å²) < 4.78 is 0. The Bertz CT molecular complexity index is 790. The van der Waals surface area contributed by atoms with Crippen LogP contribution in [0.4, 0.5) is 17.1 Å². The Kier molecular flexibility index (Phi) is 5.33. The summed E-state index contributed by atoms with van der Waals surface area (Å²) in [5.74, 6) is -0.446. The summed E-state index contributed by atoms with van der Waals surface area (Å²) in [6, 6.07) is 8.83. The Morgan fingerprint density at radius 3 is 2.29 bits per heavy atom. The Labute approximate surface area is 137 Å². The van der Waals surface area contributed by atoms with E-state index in [1.54, 1.807) is 12.1 Å². The molecule has 1 atom stereocenters. The van der Waals surface area contributed by atoms with Crippen LogP contribution in [0.2, 0.25) is 0 Å². The molecule has 2 aromatic rings. The summed E-state index contributed by atoms with van der Waals surface area (Å²) in [5.41, 5.74) is 7.02. The topological polar surface area (TPSA) is 134 Å². The van der Waals surface area contributed by atoms with Crippen LogP contribution in [0, 0.1) is 9.81 Å². The van der Waals surface area contributed by atoms with E-state index < -0.39 is 12.0 Å². The van der Waals surface area contributed by atoms with Crippen LogP contribution in [-0.2, 0) is 0 Å². The van der Waals surface area contributed by atoms with E-state index in [0.29, 0.717) is 16.8 Å². The zero-order chi connectivity index (χ0) is 17.7. The van der Waals surface area contributed by atoms with Gasteiger partial charge in [-0.25, -0.2) is 0 Å². The van der Waals surface area contributed by atoms with Crippen molar-refractivity contribution < 1.29 is 9.90 Å². The minimum absolute atomic E-state index is 0.00521. The standard InChI is InChI=1S/C16H16N4O4/c1-9(21)8-18-16(22)10-2-4-12(14(6-10)19-23)13-5-3-11(17)7-15(13)20-24/h2-7,9,21H,8,17H2,1H3,(H,18,22)/t9-/m0/s1. The quantitative estimate of drug-likeness (QED) is 0.553. The van der Waals surface area contributed by atoms with Gasteiger partial charge in [-0.1, -0.05) is 6.07 Å². The van der Waals surface area contributed by atoms with E-state index in [0.717, 1.165) is 0 Å². The summed E-state index contributed by atoms with van der Waals surface area (Å²) in [6.07, 6.45) is -0.687. The van der Waals surface area contributed by atoms with E-state index in [1.165, 1.54) is 31.2 Å². The first-order chi connectivity index (χ1) is 11.5. The second-order valence-electron chi connectivity index (χ2n) is 5.25. The van der Waals surface area contributed by atoms with Crippen LogP contribution in [-0.4, -0.2) is 23.7 Å². The smallest absolute Gasteiger partial charge is 0.251 e. The number of anilines is 1. The lowest BCUT2D eigenvalue weighted by Gasteiger charge is -2.10. The summed E-state index contributed by atoms with van der Waals surface area (Å²) in [4.78, 5) is 34.1. The predicted octanol–water partition coefficient (Wildman–Crippen LogP) is 2.84. The lowest BCUT2D eigenvalue weighted by Crippen LogP contribution is -2.30. The molecule has 0 aliphatic rings. The van der Waals surface area contributed by atoms with Crippen molar-refractivity contribution in [3.8, 4) is 11.1 Å². The van der Waals surface area contributed by atoms with Crippen LogP contribution in [0.1, 0.15) is 17.3 Å². The van der Waals surface area contributed by atoms with Crippen molar-refractivity contribution in [2.75, 3.05) is 12.3 Å². The minimum Gasteiger partial charge on any atom is -0.399 e. The first-order valence-electron chi connectivity index (χ1n) is 7.13. The summed E-state index contributed by atoms with van der Waals surface area (Å²) in [5, 5.41) is 17.5. The van der Waals surface area contributed by atoms with Crippen molar-refractivity contribution in [1.82, 2.24) is 5.32 Å². The SMILES string of the molecule is C[C@H](O)CNC(=O)c1ccc(-c2ccc(N)cc2N=O)c(N=O)c1. The van der Waals surface area contributed by atoms with Gasteiger partial charge in [-0.2, -0.15) is 0 Å². The highest BCUT2D eigenvalue weighted by Gasteiger charge is 2.15. The molecule has 1 amide bonds. The van der Waals surface area contributed by atoms with Crippen molar-refractivity contribution in [1.29, 1.82) is 0 Å². The fourth-order valence-electron chi connectivity index (χ4n) is 2.17. The van der Waals surface area contributed by atoms with Gasteiger partial charge in [0.2, 0.25) is 0 Å². The van der Waals surface area contributed by atoms with Crippen molar-refractivity contribution in [2.45, 2.75) is 13.0 Å². The van der Waals surface area contributed by atoms with Crippen LogP contribution < -0.4 is 11.1 Å². The van der Waals surface area contributed by atoms with Gasteiger partial charge in [-0.3, -0.25) is 4.79 Å². The highest BCUT2D eigenvalue weighted by atomic mass is 16.3. The third kappa shape index (κ3) is 3.79. The second kappa shape index (κ2) is 7.42. The van der Waals surface area contributed by atoms with Gasteiger partial charge in [0.15, 0.2) is 0 Å². The number of benzene rings is 2. The number of nitroso groups, excluding NO2 is 2. The third-order valence-corrected chi connectivity index (χ3v) is 3.33. The molecule has 0 bridgehead atoms. The zero-order valence-corrected chi connectivity index (χ0v) is 12.9. The van der Waals surface area contributed by atoms with Gasteiger partial charge in [0.25, 0.3) is 5.91 Å². The molecular weight excluding hydrogens is 312 g/mol. The molecule has 8 heteroatoms. The molecule has 0 aliphatic heterocycles. The summed E-state index contributed by atoms with van der Waals surface area (Å²) >= 11 is 0. The normalized spacial score (nSPS) is 11.6. The van der Waals surface area contributed by atoms with Crippen LogP contribution in [0.5, 0.6) is 0 Å². The van der Waals surface area contributed by atoms with E-state index in [1.807, 2.05) is 0 Å². The largest absolute Gasteiger partial charge is 0.399 e. The molecule has 4 N–H and O–H groups in total. The average Bonchev–Trinajstić information content (AvgIpc) is 2.59. The Morgan fingerprint density at radius 2 is 1.71 bits per heavy atom. The Hall–Kier alpha value is -3.13. The van der Waals surface area contributed by atoms with Crippen molar-refractivity contribution in [3.05, 3.63) is 51.8 Å². The number of hydrogen-bond acceptors (Lipinski definition) is 7. The minimum atomic E-state index is -0.687. The number of nitrogens with zero attached hydrogens (tertiary/aromatic N) is 2. The van der Waals surface area contributed by atoms with E-state index in [4.69, 9.17) is 5.73 Å². The monoisotopic (exact) mass is 328 g/mol. The number of amides is 1. The van der Waals surface area contributed by atoms with E-state index in [9.17, 15) is 19.7 Å². The molecule has 24 heavy (non-hydrogen) atoms. The molecule has 124 valence electrons. The molecular formula is C16H16N4O4. The summed E-state index contributed by atoms with van der Waals surface area (Å²) in [7, 11) is 0. The number of aliphatic hydroxyl groups is 1. The molecule has 2 rings (SSSR count). The predicted molar refractivity (Wildman–Crippen MR) is 91.2 cm³/mol. The van der Waals surface area contributed by atoms with Crippen molar-refractivity contribution in [2.24, 2.45) is 10.4 Å². The van der Waals surface area contributed by atoms with Crippen molar-refractivity contribution >= 4 is 23.0 Å². The number of nitrogens with two attached hydrogens (primary N) is 1. The van der Waals surface area contributed by atoms with Crippen molar-refractivity contribution in [3.63, 3.8) is 0 Å². The van der Waals surface area contributed by atoms with Gasteiger partial charge in [0.1, 0.15) is 11.4 Å². The third-order valence-electron chi connectivity index (χ3n) is 3.33. The maximum absolute atomic E-state index is 12.0. The van der Waals surface area contributed by atoms with Crippen LogP contribution in [0.3, 0.4) is 0 Å². The second-order valence-corrected chi connectivity index (χ2v) is 5.25. The highest BCUT2D eigenvalue weighted by molar-refractivity contribution is 5.97. The number of carbonyl (C=O) groups excluding carboxylic acids is 1. The number of carbonyl (C=O) groups is 1. The first-order valence-corrected chi connectivity index (χ1v) is 7.13. The number of hydrogen-bond donors (Lipinski definition) is 3. The molecule has 0 aliphatic carbocycles. The van der Waals surface area contributed by atoms with Gasteiger partial charge >= 0.3 is 0 Å². The maximum atomic E-state index is 12.0. The fraction of sp³-hybridized carbons (Fsp3) is 0.188. The maximum Gasteiger partial charge on any atom is 0.251 e. The van der Waals surface area contributed by atoms with E-state index in [-0.39, 0.29) is 23.5 Å². The molecule has 0 fully saturated rings. The van der Waals surface area contributed by atoms with Gasteiger partial charge in [-0.15, -0.1) is 9.81 Å². The molecule has 0 spiro atoms. The van der Waals surface area contributed by atoms with Crippen LogP contribution in [0.25, 0.3) is 11.1 Å². The van der Waals surface area contributed by atoms with Gasteiger partial charge in [-0.05, 0) is 47.6 Å². The van der Waals surface area contributed by atoms with E-state index >= 15 is 0 Å². The van der Waals surface area contributed by atoms with Crippen LogP contribution >= 0.6 is 0 Å². The molecule has 0 radical (unpaired) electrons. The number of rotatable bonds is 6. The molecule has 0 saturated heterocycles. The number of nitrogens with one attached hydrogen (secondary N) is 1. The number of nitrogen functional groups attached to an aromatic ring is 1. The van der Waals surface area contributed by atoms with Gasteiger partial charge in [0, 0.05) is 28.9 Å². The van der Waals surface area contributed by atoms with Gasteiger partial charge in [0.05, 0.1) is 6.10 Å². The molecule has 0 saturated carbocycles. The fourth-order valence-corrected chi connectivity index (χ4v) is 2.17. The molecule has 2 aromatic carbocycles. The van der Waals surface area contributed by atoms with Gasteiger partial charge < -0.3 is 16.2 Å². The highest BCUT2D eigenvalue weighted by Crippen LogP contribution is 2.38. The molecule has 0 aromatic heterocycles. The summed E-state index contributed by atoms with van der Waals surface area (Å²) in [6.45, 7) is 1.62. The first kappa shape index (κ1) is 17.2.